The minimum atomic E-state index is 0.555. The maximum Gasteiger partial charge on any atom is 0.127 e. The molecule has 2 aromatic carbocycles. The van der Waals surface area contributed by atoms with Crippen LogP contribution in [0.25, 0.3) is 11.1 Å². The molecule has 1 unspecified atom stereocenters. The van der Waals surface area contributed by atoms with Crippen molar-refractivity contribution >= 4 is 5.69 Å². The van der Waals surface area contributed by atoms with Crippen LogP contribution in [-0.4, -0.2) is 25.7 Å². The summed E-state index contributed by atoms with van der Waals surface area (Å²) in [4.78, 5) is 0. The van der Waals surface area contributed by atoms with Crippen LogP contribution in [0.2, 0.25) is 0 Å². The van der Waals surface area contributed by atoms with Crippen molar-refractivity contribution in [2.75, 3.05) is 25.0 Å². The highest BCUT2D eigenvalue weighted by atomic mass is 16.5. The van der Waals surface area contributed by atoms with Gasteiger partial charge in [-0.2, -0.15) is 0 Å². The van der Waals surface area contributed by atoms with Crippen molar-refractivity contribution in [2.45, 2.75) is 44.6 Å². The zero-order chi connectivity index (χ0) is 17.1. The van der Waals surface area contributed by atoms with E-state index in [1.165, 1.54) is 35.2 Å². The third-order valence-corrected chi connectivity index (χ3v) is 5.50. The third kappa shape index (κ3) is 3.25. The number of hydrogen-bond donors (Lipinski definition) is 2. The van der Waals surface area contributed by atoms with Crippen molar-refractivity contribution in [2.24, 2.45) is 0 Å². The lowest BCUT2D eigenvalue weighted by Crippen LogP contribution is -2.21. The Bertz CT molecular complexity index is 728. The molecule has 3 heteroatoms. The number of ether oxygens (including phenoxy) is 1. The Morgan fingerprint density at radius 2 is 1.84 bits per heavy atom. The molecule has 0 aliphatic carbocycles. The van der Waals surface area contributed by atoms with E-state index in [0.717, 1.165) is 38.3 Å². The highest BCUT2D eigenvalue weighted by molar-refractivity contribution is 5.81. The molecule has 2 aromatic rings. The molecule has 3 nitrogen and oxygen atoms in total. The van der Waals surface area contributed by atoms with Crippen LogP contribution in [0.5, 0.6) is 5.75 Å². The number of nitrogens with one attached hydrogen (secondary N) is 2. The second kappa shape index (κ2) is 7.49. The van der Waals surface area contributed by atoms with Crippen molar-refractivity contribution < 1.29 is 4.74 Å². The van der Waals surface area contributed by atoms with E-state index in [4.69, 9.17) is 4.74 Å². The fourth-order valence-electron chi connectivity index (χ4n) is 4.23. The Labute approximate surface area is 150 Å². The number of fused-ring (bicyclic) bond motifs is 3. The zero-order valence-corrected chi connectivity index (χ0v) is 15.1. The smallest absolute Gasteiger partial charge is 0.127 e. The Morgan fingerprint density at radius 1 is 1.00 bits per heavy atom. The summed E-state index contributed by atoms with van der Waals surface area (Å²) in [7, 11) is 0. The molecule has 2 N–H and O–H groups in total. The molecule has 25 heavy (non-hydrogen) atoms. The van der Waals surface area contributed by atoms with E-state index in [0.29, 0.717) is 12.0 Å². The van der Waals surface area contributed by atoms with E-state index in [2.05, 4.69) is 60.0 Å². The van der Waals surface area contributed by atoms with Gasteiger partial charge >= 0.3 is 0 Å². The average molecular weight is 336 g/mol. The Morgan fingerprint density at radius 3 is 2.76 bits per heavy atom. The van der Waals surface area contributed by atoms with E-state index in [9.17, 15) is 0 Å². The van der Waals surface area contributed by atoms with Gasteiger partial charge in [-0.15, -0.1) is 0 Å². The van der Waals surface area contributed by atoms with Crippen LogP contribution in [0, 0.1) is 0 Å². The maximum absolute atomic E-state index is 6.12. The summed E-state index contributed by atoms with van der Waals surface area (Å²) >= 11 is 0. The van der Waals surface area contributed by atoms with Crippen molar-refractivity contribution in [3.8, 4) is 16.9 Å². The van der Waals surface area contributed by atoms with Gasteiger partial charge in [-0.25, -0.2) is 0 Å². The molecule has 4 rings (SSSR count). The fraction of sp³-hybridized carbons (Fsp3) is 0.455. The molecule has 0 amide bonds. The van der Waals surface area contributed by atoms with Crippen LogP contribution in [-0.2, 0) is 0 Å². The van der Waals surface area contributed by atoms with E-state index in [1.807, 2.05) is 0 Å². The van der Waals surface area contributed by atoms with Gasteiger partial charge in [0.2, 0.25) is 0 Å². The number of hydrogen-bond acceptors (Lipinski definition) is 3. The van der Waals surface area contributed by atoms with Gasteiger partial charge in [0, 0.05) is 23.2 Å². The monoisotopic (exact) mass is 336 g/mol. The first-order valence-electron chi connectivity index (χ1n) is 9.71. The van der Waals surface area contributed by atoms with Gasteiger partial charge in [-0.3, -0.25) is 0 Å². The molecule has 132 valence electrons. The van der Waals surface area contributed by atoms with Crippen LogP contribution < -0.4 is 15.4 Å². The minimum Gasteiger partial charge on any atom is -0.493 e. The van der Waals surface area contributed by atoms with Gasteiger partial charge in [-0.05, 0) is 55.6 Å². The summed E-state index contributed by atoms with van der Waals surface area (Å²) in [6.07, 6.45) is 4.64. The molecule has 0 saturated carbocycles. The van der Waals surface area contributed by atoms with Crippen LogP contribution >= 0.6 is 0 Å². The second-order valence-corrected chi connectivity index (χ2v) is 7.15. The lowest BCUT2D eigenvalue weighted by Gasteiger charge is -2.19. The van der Waals surface area contributed by atoms with Gasteiger partial charge in [-0.1, -0.05) is 43.7 Å². The highest BCUT2D eigenvalue weighted by Crippen LogP contribution is 2.46. The molecule has 0 aromatic heterocycles. The lowest BCUT2D eigenvalue weighted by atomic mass is 9.85. The minimum absolute atomic E-state index is 0.555. The molecule has 0 radical (unpaired) electrons. The van der Waals surface area contributed by atoms with Crippen LogP contribution in [0.15, 0.2) is 42.5 Å². The first-order valence-corrected chi connectivity index (χ1v) is 9.71. The first-order chi connectivity index (χ1) is 12.4. The highest BCUT2D eigenvalue weighted by Gasteiger charge is 2.35. The van der Waals surface area contributed by atoms with E-state index in [1.54, 1.807) is 0 Å². The molecule has 2 aliphatic heterocycles. The summed E-state index contributed by atoms with van der Waals surface area (Å²) in [6, 6.07) is 15.7. The number of benzene rings is 2. The van der Waals surface area contributed by atoms with Crippen molar-refractivity contribution in [1.29, 1.82) is 0 Å². The van der Waals surface area contributed by atoms with Crippen LogP contribution in [0.4, 0.5) is 5.69 Å². The number of unbranched alkanes of at least 4 members (excludes halogenated alkanes) is 1. The maximum atomic E-state index is 6.12. The summed E-state index contributed by atoms with van der Waals surface area (Å²) in [5.74, 6) is 1.60. The summed E-state index contributed by atoms with van der Waals surface area (Å²) in [6.45, 7) is 5.20. The standard InChI is InChI=1S/C22H28N2O/c1-2-3-15-25-21-10-5-4-7-16(21)17-8-6-9-20-22(17)18-11-13-23-14-12-19(18)24-20/h4-10,18-19,23-24H,2-3,11-15H2,1H3/t18?,19-/m1/s1. The molecule has 1 saturated heterocycles. The fourth-order valence-corrected chi connectivity index (χ4v) is 4.23. The summed E-state index contributed by atoms with van der Waals surface area (Å²) < 4.78 is 6.12. The quantitative estimate of drug-likeness (QED) is 0.770. The SMILES string of the molecule is CCCCOc1ccccc1-c1cccc2c1C1CCNCC[C@H]1N2. The Kier molecular flexibility index (Phi) is 4.93. The predicted molar refractivity (Wildman–Crippen MR) is 105 cm³/mol. The van der Waals surface area contributed by atoms with Gasteiger partial charge < -0.3 is 15.4 Å². The third-order valence-electron chi connectivity index (χ3n) is 5.50. The molecule has 2 aliphatic rings. The normalized spacial score (nSPS) is 21.8. The number of anilines is 1. The van der Waals surface area contributed by atoms with Crippen LogP contribution in [0.1, 0.15) is 44.1 Å². The van der Waals surface area contributed by atoms with E-state index < -0.39 is 0 Å². The molecular weight excluding hydrogens is 308 g/mol. The van der Waals surface area contributed by atoms with Gasteiger partial charge in [0.25, 0.3) is 0 Å². The number of rotatable bonds is 5. The zero-order valence-electron chi connectivity index (χ0n) is 15.1. The van der Waals surface area contributed by atoms with Crippen molar-refractivity contribution in [3.05, 3.63) is 48.0 Å². The molecular formula is C22H28N2O. The molecule has 2 atom stereocenters. The van der Waals surface area contributed by atoms with Crippen molar-refractivity contribution in [3.63, 3.8) is 0 Å². The van der Waals surface area contributed by atoms with Gasteiger partial charge in [0.1, 0.15) is 5.75 Å². The summed E-state index contributed by atoms with van der Waals surface area (Å²) in [5, 5.41) is 7.32. The first kappa shape index (κ1) is 16.5. The van der Waals surface area contributed by atoms with Gasteiger partial charge in [0.15, 0.2) is 0 Å². The largest absolute Gasteiger partial charge is 0.493 e. The average Bonchev–Trinajstić information content (AvgIpc) is 2.84. The molecule has 1 fully saturated rings. The van der Waals surface area contributed by atoms with Gasteiger partial charge in [0.05, 0.1) is 6.61 Å². The lowest BCUT2D eigenvalue weighted by molar-refractivity contribution is 0.310. The van der Waals surface area contributed by atoms with Crippen molar-refractivity contribution in [1.82, 2.24) is 5.32 Å². The topological polar surface area (TPSA) is 33.3 Å². The molecule has 0 spiro atoms. The Hall–Kier alpha value is -2.00. The van der Waals surface area contributed by atoms with E-state index >= 15 is 0 Å². The molecule has 2 heterocycles. The second-order valence-electron chi connectivity index (χ2n) is 7.15. The number of para-hydroxylation sites is 1. The molecule has 0 bridgehead atoms. The Balaban J connectivity index is 1.72. The van der Waals surface area contributed by atoms with E-state index in [-0.39, 0.29) is 0 Å². The predicted octanol–water partition coefficient (Wildman–Crippen LogP) is 4.79. The van der Waals surface area contributed by atoms with Crippen LogP contribution in [0.3, 0.4) is 0 Å². The summed E-state index contributed by atoms with van der Waals surface area (Å²) in [5.41, 5.74) is 5.38.